The number of hydrogen-bond acceptors (Lipinski definition) is 4. The van der Waals surface area contributed by atoms with Gasteiger partial charge in [0.25, 0.3) is 0 Å². The molecule has 6 nitrogen and oxygen atoms in total. The van der Waals surface area contributed by atoms with Crippen LogP contribution in [0.25, 0.3) is 5.65 Å². The van der Waals surface area contributed by atoms with Crippen LogP contribution >= 0.6 is 0 Å². The summed E-state index contributed by atoms with van der Waals surface area (Å²) in [6.45, 7) is 2.51. The second-order valence-electron chi connectivity index (χ2n) is 7.28. The van der Waals surface area contributed by atoms with Gasteiger partial charge in [0.05, 0.1) is 12.8 Å². The molecule has 0 aliphatic rings. The summed E-state index contributed by atoms with van der Waals surface area (Å²) in [6.07, 6.45) is 7.62. The van der Waals surface area contributed by atoms with E-state index in [-0.39, 0.29) is 11.8 Å². The summed E-state index contributed by atoms with van der Waals surface area (Å²) in [5.41, 5.74) is 5.01. The van der Waals surface area contributed by atoms with Gasteiger partial charge in [-0.15, -0.1) is 0 Å². The van der Waals surface area contributed by atoms with Gasteiger partial charge in [0.15, 0.2) is 0 Å². The van der Waals surface area contributed by atoms with Gasteiger partial charge in [-0.25, -0.2) is 4.98 Å². The number of ether oxygens (including phenoxy) is 1. The van der Waals surface area contributed by atoms with Crippen molar-refractivity contribution >= 4 is 11.6 Å². The van der Waals surface area contributed by atoms with Crippen molar-refractivity contribution in [1.82, 2.24) is 19.7 Å². The summed E-state index contributed by atoms with van der Waals surface area (Å²) >= 11 is 0. The molecular weight excluding hydrogens is 376 g/mol. The molecule has 1 atom stereocenters. The lowest BCUT2D eigenvalue weighted by Crippen LogP contribution is -2.25. The van der Waals surface area contributed by atoms with Gasteiger partial charge in [-0.3, -0.25) is 9.78 Å². The first-order valence-electron chi connectivity index (χ1n) is 9.87. The largest absolute Gasteiger partial charge is 0.497 e. The highest BCUT2D eigenvalue weighted by Gasteiger charge is 2.22. The smallest absolute Gasteiger partial charge is 0.221 e. The molecule has 4 aromatic rings. The van der Waals surface area contributed by atoms with Crippen LogP contribution in [0.4, 0.5) is 0 Å². The number of imidazole rings is 1. The maximum absolute atomic E-state index is 12.9. The number of rotatable bonds is 7. The molecule has 3 aromatic heterocycles. The Morgan fingerprint density at radius 3 is 2.80 bits per heavy atom. The fourth-order valence-corrected chi connectivity index (χ4v) is 3.57. The predicted octanol–water partition coefficient (Wildman–Crippen LogP) is 3.88. The van der Waals surface area contributed by atoms with Crippen LogP contribution in [0, 0.1) is 6.92 Å². The summed E-state index contributed by atoms with van der Waals surface area (Å²) in [5, 5.41) is 3.02. The second-order valence-corrected chi connectivity index (χ2v) is 7.28. The van der Waals surface area contributed by atoms with Crippen LogP contribution in [0.3, 0.4) is 0 Å². The molecule has 152 valence electrons. The fourth-order valence-electron chi connectivity index (χ4n) is 3.57. The number of aromatic nitrogens is 3. The minimum Gasteiger partial charge on any atom is -0.497 e. The molecule has 1 amide bonds. The fraction of sp³-hybridized carbons (Fsp3) is 0.208. The van der Waals surface area contributed by atoms with Gasteiger partial charge in [-0.2, -0.15) is 0 Å². The summed E-state index contributed by atoms with van der Waals surface area (Å²) in [7, 11) is 1.65. The van der Waals surface area contributed by atoms with Crippen LogP contribution in [-0.2, 0) is 11.3 Å². The van der Waals surface area contributed by atoms with E-state index in [1.807, 2.05) is 72.2 Å². The number of amides is 1. The molecule has 1 unspecified atom stereocenters. The van der Waals surface area contributed by atoms with Crippen molar-refractivity contribution in [1.29, 1.82) is 0 Å². The van der Waals surface area contributed by atoms with Gasteiger partial charge in [0.1, 0.15) is 11.4 Å². The summed E-state index contributed by atoms with van der Waals surface area (Å²) < 4.78 is 7.46. The zero-order valence-electron chi connectivity index (χ0n) is 17.1. The van der Waals surface area contributed by atoms with E-state index in [1.165, 1.54) is 0 Å². The van der Waals surface area contributed by atoms with Gasteiger partial charge >= 0.3 is 0 Å². The molecule has 0 spiro atoms. The van der Waals surface area contributed by atoms with E-state index in [9.17, 15) is 4.79 Å². The van der Waals surface area contributed by atoms with E-state index in [0.29, 0.717) is 13.0 Å². The Morgan fingerprint density at radius 1 is 1.17 bits per heavy atom. The first kappa shape index (κ1) is 19.6. The van der Waals surface area contributed by atoms with E-state index >= 15 is 0 Å². The number of carbonyl (C=O) groups is 1. The molecule has 0 bridgehead atoms. The van der Waals surface area contributed by atoms with Crippen molar-refractivity contribution < 1.29 is 9.53 Å². The number of benzene rings is 1. The van der Waals surface area contributed by atoms with Gasteiger partial charge in [-0.05, 0) is 60.0 Å². The molecule has 0 saturated heterocycles. The Labute approximate surface area is 175 Å². The lowest BCUT2D eigenvalue weighted by molar-refractivity contribution is -0.121. The first-order chi connectivity index (χ1) is 14.6. The van der Waals surface area contributed by atoms with E-state index in [1.54, 1.807) is 19.5 Å². The molecule has 0 aliphatic heterocycles. The third-order valence-electron chi connectivity index (χ3n) is 5.18. The van der Waals surface area contributed by atoms with E-state index in [2.05, 4.69) is 15.3 Å². The number of hydrogen-bond donors (Lipinski definition) is 1. The van der Waals surface area contributed by atoms with E-state index in [0.717, 1.165) is 33.8 Å². The molecule has 0 aliphatic carbocycles. The molecule has 0 radical (unpaired) electrons. The number of nitrogens with zero attached hydrogens (tertiary/aromatic N) is 3. The third-order valence-corrected chi connectivity index (χ3v) is 5.18. The quantitative estimate of drug-likeness (QED) is 0.511. The molecule has 0 saturated carbocycles. The molecule has 1 N–H and O–H groups in total. The summed E-state index contributed by atoms with van der Waals surface area (Å²) in [4.78, 5) is 21.4. The number of nitrogens with one attached hydrogen (secondary N) is 1. The van der Waals surface area contributed by atoms with Crippen molar-refractivity contribution in [2.75, 3.05) is 7.11 Å². The maximum Gasteiger partial charge on any atom is 0.221 e. The normalized spacial score (nSPS) is 11.9. The number of methoxy groups -OCH3 is 1. The summed E-state index contributed by atoms with van der Waals surface area (Å²) in [5.74, 6) is 0.580. The molecule has 0 fully saturated rings. The minimum atomic E-state index is -0.157. The Hall–Kier alpha value is -3.67. The maximum atomic E-state index is 12.9. The molecule has 6 heteroatoms. The van der Waals surface area contributed by atoms with Crippen LogP contribution in [0.1, 0.15) is 34.7 Å². The Kier molecular flexibility index (Phi) is 5.75. The number of fused-ring (bicyclic) bond motifs is 1. The van der Waals surface area contributed by atoms with Crippen molar-refractivity contribution in [3.05, 3.63) is 95.7 Å². The molecule has 3 heterocycles. The zero-order valence-corrected chi connectivity index (χ0v) is 17.1. The molecule has 4 rings (SSSR count). The van der Waals surface area contributed by atoms with Crippen molar-refractivity contribution in [2.45, 2.75) is 25.8 Å². The van der Waals surface area contributed by atoms with Crippen LogP contribution < -0.4 is 10.1 Å². The van der Waals surface area contributed by atoms with Crippen LogP contribution in [0.5, 0.6) is 5.75 Å². The van der Waals surface area contributed by atoms with Crippen molar-refractivity contribution in [2.24, 2.45) is 0 Å². The topological polar surface area (TPSA) is 68.5 Å². The summed E-state index contributed by atoms with van der Waals surface area (Å²) in [6, 6.07) is 15.7. The van der Waals surface area contributed by atoms with Gasteiger partial charge in [0, 0.05) is 43.7 Å². The monoisotopic (exact) mass is 400 g/mol. The Morgan fingerprint density at radius 2 is 2.00 bits per heavy atom. The molecular formula is C24H24N4O2. The van der Waals surface area contributed by atoms with E-state index < -0.39 is 0 Å². The lowest BCUT2D eigenvalue weighted by Gasteiger charge is -2.18. The number of pyridine rings is 2. The standard InChI is InChI=1S/C24H24N4O2/c1-17-8-11-28-22(16-26-23(28)12-17)21(19-4-3-5-20(13-19)30-2)14-24(29)27-15-18-6-9-25-10-7-18/h3-13,16,21H,14-15H2,1-2H3,(H,27,29). The van der Waals surface area contributed by atoms with E-state index in [4.69, 9.17) is 4.74 Å². The van der Waals surface area contributed by atoms with Crippen LogP contribution in [-0.4, -0.2) is 27.4 Å². The number of carbonyl (C=O) groups excluding carboxylic acids is 1. The zero-order chi connectivity index (χ0) is 20.9. The number of aryl methyl sites for hydroxylation is 1. The Balaban J connectivity index is 1.64. The van der Waals surface area contributed by atoms with Gasteiger partial charge < -0.3 is 14.5 Å². The average Bonchev–Trinajstić information content (AvgIpc) is 3.19. The van der Waals surface area contributed by atoms with Crippen molar-refractivity contribution in [3.63, 3.8) is 0 Å². The van der Waals surface area contributed by atoms with Crippen LogP contribution in [0.2, 0.25) is 0 Å². The van der Waals surface area contributed by atoms with Crippen LogP contribution in [0.15, 0.2) is 73.3 Å². The molecule has 30 heavy (non-hydrogen) atoms. The Bertz CT molecular complexity index is 1150. The van der Waals surface area contributed by atoms with Gasteiger partial charge in [-0.1, -0.05) is 12.1 Å². The van der Waals surface area contributed by atoms with Gasteiger partial charge in [0.2, 0.25) is 5.91 Å². The SMILES string of the molecule is COc1cccc(C(CC(=O)NCc2ccncc2)c2cnc3cc(C)ccn23)c1. The third kappa shape index (κ3) is 4.33. The van der Waals surface area contributed by atoms with Crippen molar-refractivity contribution in [3.8, 4) is 5.75 Å². The second kappa shape index (κ2) is 8.78. The average molecular weight is 400 g/mol. The lowest BCUT2D eigenvalue weighted by atomic mass is 9.92. The first-order valence-corrected chi connectivity index (χ1v) is 9.87. The highest BCUT2D eigenvalue weighted by Crippen LogP contribution is 2.31. The highest BCUT2D eigenvalue weighted by atomic mass is 16.5. The predicted molar refractivity (Wildman–Crippen MR) is 115 cm³/mol. The highest BCUT2D eigenvalue weighted by molar-refractivity contribution is 5.77. The minimum absolute atomic E-state index is 0.0262. The molecule has 1 aromatic carbocycles.